The molecule has 0 amide bonds. The lowest BCUT2D eigenvalue weighted by Gasteiger charge is -2.37. The zero-order valence-corrected chi connectivity index (χ0v) is 14.0. The summed E-state index contributed by atoms with van der Waals surface area (Å²) in [7, 11) is 2.08. The van der Waals surface area contributed by atoms with Gasteiger partial charge in [-0.2, -0.15) is 0 Å². The van der Waals surface area contributed by atoms with E-state index < -0.39 is 0 Å². The molecular formula is C15H26ClN3. The summed E-state index contributed by atoms with van der Waals surface area (Å²) in [5.74, 6) is 1.78. The molecule has 0 aliphatic heterocycles. The number of rotatable bonds is 4. The van der Waals surface area contributed by atoms with Gasteiger partial charge in [-0.1, -0.05) is 39.3 Å². The molecule has 19 heavy (non-hydrogen) atoms. The van der Waals surface area contributed by atoms with Crippen molar-refractivity contribution >= 4 is 17.4 Å². The fraction of sp³-hybridized carbons (Fsp3) is 0.733. The number of nitrogens with zero attached hydrogens (tertiary/aromatic N) is 3. The molecule has 0 aliphatic rings. The maximum atomic E-state index is 6.24. The summed E-state index contributed by atoms with van der Waals surface area (Å²) >= 11 is 6.24. The zero-order chi connectivity index (χ0) is 14.8. The van der Waals surface area contributed by atoms with Gasteiger partial charge in [0, 0.05) is 25.1 Å². The van der Waals surface area contributed by atoms with E-state index in [1.54, 1.807) is 0 Å². The Morgan fingerprint density at radius 1 is 1.26 bits per heavy atom. The monoisotopic (exact) mass is 283 g/mol. The molecule has 0 aromatic carbocycles. The fourth-order valence-electron chi connectivity index (χ4n) is 1.96. The molecule has 0 spiro atoms. The third-order valence-corrected chi connectivity index (χ3v) is 4.12. The first kappa shape index (κ1) is 16.2. The van der Waals surface area contributed by atoms with Crippen LogP contribution in [0.5, 0.6) is 0 Å². The second-order valence-corrected chi connectivity index (χ2v) is 6.64. The highest BCUT2D eigenvalue weighted by atomic mass is 35.5. The Kier molecular flexibility index (Phi) is 5.19. The molecule has 1 aromatic rings. The average molecular weight is 284 g/mol. The van der Waals surface area contributed by atoms with Gasteiger partial charge in [0.25, 0.3) is 0 Å². The quantitative estimate of drug-likeness (QED) is 0.773. The molecule has 1 heterocycles. The van der Waals surface area contributed by atoms with Crippen LogP contribution in [0.2, 0.25) is 5.15 Å². The molecule has 0 bridgehead atoms. The van der Waals surface area contributed by atoms with Crippen molar-refractivity contribution in [3.05, 3.63) is 16.5 Å². The molecule has 1 aromatic heterocycles. The Bertz CT molecular complexity index is 438. The van der Waals surface area contributed by atoms with E-state index in [0.29, 0.717) is 11.2 Å². The standard InChI is InChI=1S/C15H26ClN3/c1-8-9-12-17-13(16)10(2)14(18-12)19(7)11(3)15(4,5)6/h11H,8-9H2,1-7H3. The number of hydrogen-bond donors (Lipinski definition) is 0. The Hall–Kier alpha value is -0.830. The number of halogens is 1. The van der Waals surface area contributed by atoms with E-state index >= 15 is 0 Å². The number of anilines is 1. The van der Waals surface area contributed by atoms with Crippen LogP contribution < -0.4 is 4.90 Å². The lowest BCUT2D eigenvalue weighted by molar-refractivity contribution is 0.328. The predicted molar refractivity (Wildman–Crippen MR) is 83.1 cm³/mol. The molecule has 0 N–H and O–H groups in total. The SMILES string of the molecule is CCCc1nc(Cl)c(C)c(N(C)C(C)C(C)(C)C)n1. The van der Waals surface area contributed by atoms with Crippen LogP contribution >= 0.6 is 11.6 Å². The Labute approximate surface area is 122 Å². The van der Waals surface area contributed by atoms with Gasteiger partial charge in [0.2, 0.25) is 0 Å². The van der Waals surface area contributed by atoms with Crippen molar-refractivity contribution in [2.45, 2.75) is 60.4 Å². The van der Waals surface area contributed by atoms with E-state index in [-0.39, 0.29) is 5.41 Å². The molecule has 3 nitrogen and oxygen atoms in total. The molecule has 1 atom stereocenters. The Balaban J connectivity index is 3.18. The van der Waals surface area contributed by atoms with Crippen molar-refractivity contribution in [1.82, 2.24) is 9.97 Å². The zero-order valence-electron chi connectivity index (χ0n) is 13.2. The second-order valence-electron chi connectivity index (χ2n) is 6.28. The van der Waals surface area contributed by atoms with Crippen LogP contribution in [-0.4, -0.2) is 23.1 Å². The third-order valence-electron chi connectivity index (χ3n) is 3.75. The van der Waals surface area contributed by atoms with Crippen LogP contribution in [0.25, 0.3) is 0 Å². The average Bonchev–Trinajstić information content (AvgIpc) is 2.31. The van der Waals surface area contributed by atoms with Crippen LogP contribution in [0.1, 0.15) is 52.4 Å². The van der Waals surface area contributed by atoms with Crippen molar-refractivity contribution in [3.8, 4) is 0 Å². The summed E-state index contributed by atoms with van der Waals surface area (Å²) in [5, 5.41) is 0.571. The van der Waals surface area contributed by atoms with Gasteiger partial charge >= 0.3 is 0 Å². The first-order valence-corrected chi connectivity index (χ1v) is 7.32. The van der Waals surface area contributed by atoms with Gasteiger partial charge < -0.3 is 4.90 Å². The minimum Gasteiger partial charge on any atom is -0.356 e. The molecule has 4 heteroatoms. The molecule has 0 saturated heterocycles. The van der Waals surface area contributed by atoms with Gasteiger partial charge in [0.1, 0.15) is 16.8 Å². The highest BCUT2D eigenvalue weighted by Gasteiger charge is 2.26. The summed E-state index contributed by atoms with van der Waals surface area (Å²) in [6.45, 7) is 13.0. The molecule has 0 saturated carbocycles. The Morgan fingerprint density at radius 3 is 2.32 bits per heavy atom. The molecular weight excluding hydrogens is 258 g/mol. The van der Waals surface area contributed by atoms with Crippen molar-refractivity contribution in [3.63, 3.8) is 0 Å². The van der Waals surface area contributed by atoms with E-state index in [2.05, 4.69) is 56.5 Å². The van der Waals surface area contributed by atoms with Crippen molar-refractivity contribution in [2.75, 3.05) is 11.9 Å². The van der Waals surface area contributed by atoms with E-state index in [9.17, 15) is 0 Å². The predicted octanol–water partition coefficient (Wildman–Crippen LogP) is 4.26. The van der Waals surface area contributed by atoms with Crippen LogP contribution in [0.3, 0.4) is 0 Å². The summed E-state index contributed by atoms with van der Waals surface area (Å²) in [6, 6.07) is 0.367. The molecule has 108 valence electrons. The first-order valence-electron chi connectivity index (χ1n) is 6.94. The summed E-state index contributed by atoms with van der Waals surface area (Å²) < 4.78 is 0. The summed E-state index contributed by atoms with van der Waals surface area (Å²) in [4.78, 5) is 11.3. The number of aryl methyl sites for hydroxylation is 1. The van der Waals surface area contributed by atoms with Crippen molar-refractivity contribution in [1.29, 1.82) is 0 Å². The summed E-state index contributed by atoms with van der Waals surface area (Å²) in [5.41, 5.74) is 1.14. The lowest BCUT2D eigenvalue weighted by Crippen LogP contribution is -2.40. The van der Waals surface area contributed by atoms with Gasteiger partial charge in [0.15, 0.2) is 0 Å². The van der Waals surface area contributed by atoms with E-state index in [1.165, 1.54) is 0 Å². The van der Waals surface area contributed by atoms with Gasteiger partial charge in [-0.15, -0.1) is 0 Å². The highest BCUT2D eigenvalue weighted by molar-refractivity contribution is 6.30. The Morgan fingerprint density at radius 2 is 1.84 bits per heavy atom. The number of aromatic nitrogens is 2. The minimum absolute atomic E-state index is 0.184. The maximum absolute atomic E-state index is 6.24. The lowest BCUT2D eigenvalue weighted by atomic mass is 9.87. The van der Waals surface area contributed by atoms with Crippen molar-refractivity contribution < 1.29 is 0 Å². The minimum atomic E-state index is 0.184. The van der Waals surface area contributed by atoms with Crippen LogP contribution in [0.15, 0.2) is 0 Å². The molecule has 0 radical (unpaired) electrons. The van der Waals surface area contributed by atoms with E-state index in [1.807, 2.05) is 6.92 Å². The van der Waals surface area contributed by atoms with Gasteiger partial charge in [-0.3, -0.25) is 0 Å². The molecule has 1 unspecified atom stereocenters. The van der Waals surface area contributed by atoms with Crippen LogP contribution in [-0.2, 0) is 6.42 Å². The van der Waals surface area contributed by atoms with Crippen LogP contribution in [0, 0.1) is 12.3 Å². The number of hydrogen-bond acceptors (Lipinski definition) is 3. The van der Waals surface area contributed by atoms with Gasteiger partial charge in [-0.05, 0) is 25.7 Å². The van der Waals surface area contributed by atoms with Gasteiger partial charge in [-0.25, -0.2) is 9.97 Å². The van der Waals surface area contributed by atoms with Crippen molar-refractivity contribution in [2.24, 2.45) is 5.41 Å². The fourth-order valence-corrected chi connectivity index (χ4v) is 2.15. The summed E-state index contributed by atoms with van der Waals surface area (Å²) in [6.07, 6.45) is 1.89. The van der Waals surface area contributed by atoms with Gasteiger partial charge in [0.05, 0.1) is 0 Å². The van der Waals surface area contributed by atoms with Crippen LogP contribution in [0.4, 0.5) is 5.82 Å². The topological polar surface area (TPSA) is 29.0 Å². The smallest absolute Gasteiger partial charge is 0.137 e. The molecule has 0 fully saturated rings. The van der Waals surface area contributed by atoms with E-state index in [0.717, 1.165) is 30.0 Å². The van der Waals surface area contributed by atoms with E-state index in [4.69, 9.17) is 11.6 Å². The molecule has 1 rings (SSSR count). The normalized spacial score (nSPS) is 13.5. The second kappa shape index (κ2) is 6.08. The maximum Gasteiger partial charge on any atom is 0.137 e. The molecule has 0 aliphatic carbocycles. The highest BCUT2D eigenvalue weighted by Crippen LogP contribution is 2.30. The third kappa shape index (κ3) is 3.82. The largest absolute Gasteiger partial charge is 0.356 e. The first-order chi connectivity index (χ1) is 8.68.